The van der Waals surface area contributed by atoms with Crippen molar-refractivity contribution >= 4 is 11.5 Å². The molecule has 1 aromatic carbocycles. The van der Waals surface area contributed by atoms with Crippen molar-refractivity contribution in [3.05, 3.63) is 29.3 Å². The fraction of sp³-hybridized carbons (Fsp3) is 0.417. The van der Waals surface area contributed by atoms with Crippen molar-refractivity contribution in [2.24, 2.45) is 0 Å². The van der Waals surface area contributed by atoms with E-state index in [1.807, 2.05) is 12.1 Å². The van der Waals surface area contributed by atoms with Gasteiger partial charge in [0.2, 0.25) is 0 Å². The maximum absolute atomic E-state index is 11.2. The molecule has 0 amide bonds. The van der Waals surface area contributed by atoms with E-state index < -0.39 is 0 Å². The summed E-state index contributed by atoms with van der Waals surface area (Å²) in [5, 5.41) is 0. The molecule has 14 heavy (non-hydrogen) atoms. The third kappa shape index (κ3) is 1.31. The number of carbonyl (C=O) groups excluding carboxylic acids is 1. The maximum Gasteiger partial charge on any atom is 0.159 e. The van der Waals surface area contributed by atoms with Crippen LogP contribution in [0.1, 0.15) is 35.7 Å². The highest BCUT2D eigenvalue weighted by Gasteiger charge is 2.23. The number of Topliss-reactive ketones (excluding diaryl/α,β-unsaturated/α-hetero) is 1. The van der Waals surface area contributed by atoms with Crippen molar-refractivity contribution < 1.29 is 4.79 Å². The lowest BCUT2D eigenvalue weighted by molar-refractivity contribution is 0.101. The first-order chi connectivity index (χ1) is 6.59. The van der Waals surface area contributed by atoms with Gasteiger partial charge in [0.1, 0.15) is 0 Å². The number of hydrogen-bond donors (Lipinski definition) is 0. The SMILES string of the molecule is CC(=O)c1ccc2c(c1)N(C)CC2C. The van der Waals surface area contributed by atoms with E-state index >= 15 is 0 Å². The van der Waals surface area contributed by atoms with E-state index in [1.165, 1.54) is 11.3 Å². The molecule has 0 spiro atoms. The molecule has 0 bridgehead atoms. The number of hydrogen-bond acceptors (Lipinski definition) is 2. The molecule has 2 nitrogen and oxygen atoms in total. The number of likely N-dealkylation sites (N-methyl/N-ethyl adjacent to an activating group) is 1. The molecular formula is C12H15NO. The first-order valence-electron chi connectivity index (χ1n) is 4.95. The van der Waals surface area contributed by atoms with E-state index in [2.05, 4.69) is 24.9 Å². The average molecular weight is 189 g/mol. The van der Waals surface area contributed by atoms with E-state index in [4.69, 9.17) is 0 Å². The zero-order valence-electron chi connectivity index (χ0n) is 8.87. The summed E-state index contributed by atoms with van der Waals surface area (Å²) in [6.07, 6.45) is 0. The first kappa shape index (κ1) is 9.25. The molecule has 0 aromatic heterocycles. The predicted octanol–water partition coefficient (Wildman–Crippen LogP) is 2.44. The van der Waals surface area contributed by atoms with Gasteiger partial charge in [-0.3, -0.25) is 4.79 Å². The molecule has 0 radical (unpaired) electrons. The zero-order chi connectivity index (χ0) is 10.3. The zero-order valence-corrected chi connectivity index (χ0v) is 8.87. The normalized spacial score (nSPS) is 19.6. The highest BCUT2D eigenvalue weighted by Crippen LogP contribution is 2.35. The summed E-state index contributed by atoms with van der Waals surface area (Å²) in [5.74, 6) is 0.719. The lowest BCUT2D eigenvalue weighted by Crippen LogP contribution is -2.14. The summed E-state index contributed by atoms with van der Waals surface area (Å²) in [7, 11) is 2.08. The van der Waals surface area contributed by atoms with Gasteiger partial charge in [-0.05, 0) is 18.6 Å². The van der Waals surface area contributed by atoms with Crippen LogP contribution in [0.5, 0.6) is 0 Å². The van der Waals surface area contributed by atoms with Gasteiger partial charge in [0.05, 0.1) is 0 Å². The van der Waals surface area contributed by atoms with Crippen LogP contribution in [0.2, 0.25) is 0 Å². The summed E-state index contributed by atoms with van der Waals surface area (Å²) < 4.78 is 0. The maximum atomic E-state index is 11.2. The molecule has 1 aromatic rings. The minimum Gasteiger partial charge on any atom is -0.374 e. The van der Waals surface area contributed by atoms with Crippen LogP contribution < -0.4 is 4.90 Å². The highest BCUT2D eigenvalue weighted by molar-refractivity contribution is 5.95. The van der Waals surface area contributed by atoms with Gasteiger partial charge in [0.15, 0.2) is 5.78 Å². The molecule has 1 unspecified atom stereocenters. The fourth-order valence-corrected chi connectivity index (χ4v) is 2.12. The van der Waals surface area contributed by atoms with E-state index in [9.17, 15) is 4.79 Å². The molecule has 0 aliphatic carbocycles. The summed E-state index contributed by atoms with van der Waals surface area (Å²) in [6, 6.07) is 6.01. The number of fused-ring (bicyclic) bond motifs is 1. The molecule has 74 valence electrons. The van der Waals surface area contributed by atoms with Crippen LogP contribution in [0.4, 0.5) is 5.69 Å². The Hall–Kier alpha value is -1.31. The smallest absolute Gasteiger partial charge is 0.159 e. The Morgan fingerprint density at radius 3 is 2.86 bits per heavy atom. The van der Waals surface area contributed by atoms with Gasteiger partial charge in [-0.25, -0.2) is 0 Å². The number of benzene rings is 1. The Morgan fingerprint density at radius 1 is 1.50 bits per heavy atom. The molecular weight excluding hydrogens is 174 g/mol. The summed E-state index contributed by atoms with van der Waals surface area (Å²) in [6.45, 7) is 4.88. The second-order valence-corrected chi connectivity index (χ2v) is 4.11. The van der Waals surface area contributed by atoms with Crippen LogP contribution >= 0.6 is 0 Å². The lowest BCUT2D eigenvalue weighted by atomic mass is 10.0. The Bertz CT molecular complexity index is 384. The van der Waals surface area contributed by atoms with E-state index in [0.717, 1.165) is 12.1 Å². The Kier molecular flexibility index (Phi) is 2.06. The van der Waals surface area contributed by atoms with E-state index in [1.54, 1.807) is 6.92 Å². The number of rotatable bonds is 1. The predicted molar refractivity (Wildman–Crippen MR) is 58.1 cm³/mol. The van der Waals surface area contributed by atoms with Crippen molar-refractivity contribution in [1.29, 1.82) is 0 Å². The van der Waals surface area contributed by atoms with Crippen molar-refractivity contribution in [1.82, 2.24) is 0 Å². The summed E-state index contributed by atoms with van der Waals surface area (Å²) >= 11 is 0. The highest BCUT2D eigenvalue weighted by atomic mass is 16.1. The second-order valence-electron chi connectivity index (χ2n) is 4.11. The topological polar surface area (TPSA) is 20.3 Å². The van der Waals surface area contributed by atoms with E-state index in [-0.39, 0.29) is 5.78 Å². The number of anilines is 1. The Labute approximate surface area is 84.5 Å². The van der Waals surface area contributed by atoms with Crippen molar-refractivity contribution in [3.8, 4) is 0 Å². The second kappa shape index (κ2) is 3.12. The van der Waals surface area contributed by atoms with Gasteiger partial charge < -0.3 is 4.90 Å². The van der Waals surface area contributed by atoms with Crippen LogP contribution in [-0.2, 0) is 0 Å². The number of ketones is 1. The first-order valence-corrected chi connectivity index (χ1v) is 4.95. The fourth-order valence-electron chi connectivity index (χ4n) is 2.12. The third-order valence-corrected chi connectivity index (χ3v) is 2.93. The Morgan fingerprint density at radius 2 is 2.21 bits per heavy atom. The van der Waals surface area contributed by atoms with Crippen LogP contribution in [-0.4, -0.2) is 19.4 Å². The van der Waals surface area contributed by atoms with Crippen LogP contribution in [0, 0.1) is 0 Å². The van der Waals surface area contributed by atoms with Gasteiger partial charge in [0, 0.05) is 30.8 Å². The molecule has 1 atom stereocenters. The van der Waals surface area contributed by atoms with Gasteiger partial charge in [-0.2, -0.15) is 0 Å². The number of nitrogens with zero attached hydrogens (tertiary/aromatic N) is 1. The quantitative estimate of drug-likeness (QED) is 0.632. The molecule has 0 saturated carbocycles. The standard InChI is InChI=1S/C12H15NO/c1-8-7-13(3)12-6-10(9(2)14)4-5-11(8)12/h4-6,8H,7H2,1-3H3. The lowest BCUT2D eigenvalue weighted by Gasteiger charge is -2.12. The molecule has 2 heteroatoms. The molecule has 0 fully saturated rings. The van der Waals surface area contributed by atoms with Gasteiger partial charge in [-0.15, -0.1) is 0 Å². The molecule has 1 aliphatic rings. The van der Waals surface area contributed by atoms with Crippen LogP contribution in [0.15, 0.2) is 18.2 Å². The monoisotopic (exact) mass is 189 g/mol. The molecule has 1 aliphatic heterocycles. The molecule has 2 rings (SSSR count). The van der Waals surface area contributed by atoms with Crippen molar-refractivity contribution in [2.75, 3.05) is 18.5 Å². The van der Waals surface area contributed by atoms with Crippen molar-refractivity contribution in [2.45, 2.75) is 19.8 Å². The minimum absolute atomic E-state index is 0.140. The van der Waals surface area contributed by atoms with Crippen LogP contribution in [0.25, 0.3) is 0 Å². The van der Waals surface area contributed by atoms with Crippen LogP contribution in [0.3, 0.4) is 0 Å². The minimum atomic E-state index is 0.140. The summed E-state index contributed by atoms with van der Waals surface area (Å²) in [5.41, 5.74) is 3.38. The Balaban J connectivity index is 2.50. The third-order valence-electron chi connectivity index (χ3n) is 2.93. The molecule has 0 N–H and O–H groups in total. The van der Waals surface area contributed by atoms with Gasteiger partial charge >= 0.3 is 0 Å². The van der Waals surface area contributed by atoms with Gasteiger partial charge in [-0.1, -0.05) is 19.1 Å². The number of carbonyl (C=O) groups is 1. The van der Waals surface area contributed by atoms with Gasteiger partial charge in [0.25, 0.3) is 0 Å². The summed E-state index contributed by atoms with van der Waals surface area (Å²) in [4.78, 5) is 13.4. The average Bonchev–Trinajstić information content (AvgIpc) is 2.42. The van der Waals surface area contributed by atoms with E-state index in [0.29, 0.717) is 5.92 Å². The molecule has 1 heterocycles. The largest absolute Gasteiger partial charge is 0.374 e. The molecule has 0 saturated heterocycles. The van der Waals surface area contributed by atoms with Crippen molar-refractivity contribution in [3.63, 3.8) is 0 Å².